The lowest BCUT2D eigenvalue weighted by molar-refractivity contribution is -0.132. The summed E-state index contributed by atoms with van der Waals surface area (Å²) in [5.41, 5.74) is 1.75. The van der Waals surface area contributed by atoms with Crippen LogP contribution >= 0.6 is 0 Å². The maximum atomic E-state index is 13.1. The predicted molar refractivity (Wildman–Crippen MR) is 68.6 cm³/mol. The Bertz CT molecular complexity index is 447. The third-order valence-corrected chi connectivity index (χ3v) is 3.44. The number of nitrogens with one attached hydrogen (secondary N) is 1. The fourth-order valence-electron chi connectivity index (χ4n) is 2.26. The van der Waals surface area contributed by atoms with E-state index in [1.165, 1.54) is 6.07 Å². The first-order valence-corrected chi connectivity index (χ1v) is 6.28. The van der Waals surface area contributed by atoms with Crippen molar-refractivity contribution in [2.45, 2.75) is 32.4 Å². The van der Waals surface area contributed by atoms with Crippen LogP contribution in [0.4, 0.5) is 4.39 Å². The highest BCUT2D eigenvalue weighted by atomic mass is 19.1. The molecule has 1 heterocycles. The van der Waals surface area contributed by atoms with Crippen molar-refractivity contribution in [1.29, 1.82) is 0 Å². The Morgan fingerprint density at radius 1 is 1.50 bits per heavy atom. The van der Waals surface area contributed by atoms with Crippen molar-refractivity contribution in [3.05, 3.63) is 35.1 Å². The molecule has 0 spiro atoms. The van der Waals surface area contributed by atoms with Gasteiger partial charge in [0, 0.05) is 32.6 Å². The van der Waals surface area contributed by atoms with Gasteiger partial charge in [-0.15, -0.1) is 0 Å². The number of hydrogen-bond donors (Lipinski definition) is 1. The minimum atomic E-state index is -0.165. The lowest BCUT2D eigenvalue weighted by Gasteiger charge is -2.30. The SMILES string of the molecule is Cc1cc(CNC2CCC(=O)N(C)C2)ccc1F. The molecule has 1 atom stereocenters. The minimum Gasteiger partial charge on any atom is -0.344 e. The average Bonchev–Trinajstić information content (AvgIpc) is 2.35. The maximum absolute atomic E-state index is 13.1. The zero-order valence-corrected chi connectivity index (χ0v) is 10.9. The van der Waals surface area contributed by atoms with Gasteiger partial charge in [0.1, 0.15) is 5.82 Å². The molecular formula is C14H19FN2O. The first-order valence-electron chi connectivity index (χ1n) is 6.28. The molecule has 2 rings (SSSR count). The topological polar surface area (TPSA) is 32.3 Å². The van der Waals surface area contributed by atoms with Crippen LogP contribution in [0.3, 0.4) is 0 Å². The van der Waals surface area contributed by atoms with Gasteiger partial charge in [0.25, 0.3) is 0 Å². The van der Waals surface area contributed by atoms with E-state index in [0.717, 1.165) is 18.5 Å². The monoisotopic (exact) mass is 250 g/mol. The highest BCUT2D eigenvalue weighted by Crippen LogP contribution is 2.12. The van der Waals surface area contributed by atoms with E-state index in [1.807, 2.05) is 13.1 Å². The quantitative estimate of drug-likeness (QED) is 0.888. The summed E-state index contributed by atoms with van der Waals surface area (Å²) in [5, 5.41) is 3.42. The second-order valence-electron chi connectivity index (χ2n) is 4.97. The predicted octanol–water partition coefficient (Wildman–Crippen LogP) is 1.84. The maximum Gasteiger partial charge on any atom is 0.222 e. The Morgan fingerprint density at radius 2 is 2.28 bits per heavy atom. The van der Waals surface area contributed by atoms with Crippen LogP contribution in [0.5, 0.6) is 0 Å². The summed E-state index contributed by atoms with van der Waals surface area (Å²) in [6.07, 6.45) is 1.49. The summed E-state index contributed by atoms with van der Waals surface area (Å²) in [6.45, 7) is 3.23. The van der Waals surface area contributed by atoms with Gasteiger partial charge < -0.3 is 10.2 Å². The molecule has 0 aromatic heterocycles. The molecule has 4 heteroatoms. The van der Waals surface area contributed by atoms with Crippen LogP contribution in [0.15, 0.2) is 18.2 Å². The van der Waals surface area contributed by atoms with Gasteiger partial charge in [-0.25, -0.2) is 4.39 Å². The third-order valence-electron chi connectivity index (χ3n) is 3.44. The summed E-state index contributed by atoms with van der Waals surface area (Å²) < 4.78 is 13.1. The summed E-state index contributed by atoms with van der Waals surface area (Å²) in [6, 6.07) is 5.49. The number of nitrogens with zero attached hydrogens (tertiary/aromatic N) is 1. The number of rotatable bonds is 3. The summed E-state index contributed by atoms with van der Waals surface area (Å²) in [7, 11) is 1.83. The third kappa shape index (κ3) is 3.07. The minimum absolute atomic E-state index is 0.165. The molecule has 1 aromatic carbocycles. The molecular weight excluding hydrogens is 231 g/mol. The molecule has 1 N–H and O–H groups in total. The first-order chi connectivity index (χ1) is 8.56. The molecule has 0 aliphatic carbocycles. The molecule has 1 aromatic rings. The first kappa shape index (κ1) is 13.0. The average molecular weight is 250 g/mol. The van der Waals surface area contributed by atoms with E-state index >= 15 is 0 Å². The molecule has 1 aliphatic heterocycles. The van der Waals surface area contributed by atoms with Crippen molar-refractivity contribution in [2.24, 2.45) is 0 Å². The molecule has 1 unspecified atom stereocenters. The van der Waals surface area contributed by atoms with E-state index in [4.69, 9.17) is 0 Å². The van der Waals surface area contributed by atoms with Gasteiger partial charge in [0.2, 0.25) is 5.91 Å². The smallest absolute Gasteiger partial charge is 0.222 e. The zero-order chi connectivity index (χ0) is 13.1. The van der Waals surface area contributed by atoms with Gasteiger partial charge in [-0.3, -0.25) is 4.79 Å². The number of benzene rings is 1. The van der Waals surface area contributed by atoms with Crippen LogP contribution in [0, 0.1) is 12.7 Å². The Kier molecular flexibility index (Phi) is 3.97. The van der Waals surface area contributed by atoms with Crippen molar-refractivity contribution in [3.63, 3.8) is 0 Å². The van der Waals surface area contributed by atoms with Gasteiger partial charge in [-0.1, -0.05) is 12.1 Å². The number of carbonyl (C=O) groups is 1. The van der Waals surface area contributed by atoms with Crippen LogP contribution < -0.4 is 5.32 Å². The number of aryl methyl sites for hydroxylation is 1. The molecule has 1 saturated heterocycles. The molecule has 3 nitrogen and oxygen atoms in total. The molecule has 1 amide bonds. The number of piperidine rings is 1. The van der Waals surface area contributed by atoms with Gasteiger partial charge >= 0.3 is 0 Å². The second-order valence-corrected chi connectivity index (χ2v) is 4.97. The highest BCUT2D eigenvalue weighted by Gasteiger charge is 2.22. The largest absolute Gasteiger partial charge is 0.344 e. The van der Waals surface area contributed by atoms with Crippen LogP contribution in [-0.4, -0.2) is 30.4 Å². The van der Waals surface area contributed by atoms with Crippen LogP contribution in [0.1, 0.15) is 24.0 Å². The fourth-order valence-corrected chi connectivity index (χ4v) is 2.26. The lowest BCUT2D eigenvalue weighted by Crippen LogP contribution is -2.46. The Balaban J connectivity index is 1.88. The van der Waals surface area contributed by atoms with Gasteiger partial charge in [0.05, 0.1) is 0 Å². The standard InChI is InChI=1S/C14H19FN2O/c1-10-7-11(3-5-13(10)15)8-16-12-4-6-14(18)17(2)9-12/h3,5,7,12,16H,4,6,8-9H2,1-2H3. The van der Waals surface area contributed by atoms with Crippen LogP contribution in [-0.2, 0) is 11.3 Å². The Hall–Kier alpha value is -1.42. The van der Waals surface area contributed by atoms with E-state index in [2.05, 4.69) is 5.32 Å². The molecule has 18 heavy (non-hydrogen) atoms. The van der Waals surface area contributed by atoms with Crippen molar-refractivity contribution in [1.82, 2.24) is 10.2 Å². The van der Waals surface area contributed by atoms with E-state index in [9.17, 15) is 9.18 Å². The molecule has 98 valence electrons. The van der Waals surface area contributed by atoms with Gasteiger partial charge in [-0.05, 0) is 30.5 Å². The van der Waals surface area contributed by atoms with Crippen molar-refractivity contribution < 1.29 is 9.18 Å². The van der Waals surface area contributed by atoms with Gasteiger partial charge in [-0.2, -0.15) is 0 Å². The van der Waals surface area contributed by atoms with E-state index in [-0.39, 0.29) is 11.7 Å². The highest BCUT2D eigenvalue weighted by molar-refractivity contribution is 5.76. The van der Waals surface area contributed by atoms with E-state index in [0.29, 0.717) is 24.6 Å². The number of hydrogen-bond acceptors (Lipinski definition) is 2. The molecule has 0 bridgehead atoms. The van der Waals surface area contributed by atoms with Crippen molar-refractivity contribution in [2.75, 3.05) is 13.6 Å². The number of carbonyl (C=O) groups excluding carboxylic acids is 1. The summed E-state index contributed by atoms with van der Waals surface area (Å²) in [4.78, 5) is 13.1. The second kappa shape index (κ2) is 5.48. The van der Waals surface area contributed by atoms with Crippen LogP contribution in [0.25, 0.3) is 0 Å². The van der Waals surface area contributed by atoms with Crippen molar-refractivity contribution >= 4 is 5.91 Å². The summed E-state index contributed by atoms with van der Waals surface area (Å²) >= 11 is 0. The van der Waals surface area contributed by atoms with Gasteiger partial charge in [0.15, 0.2) is 0 Å². The molecule has 0 radical (unpaired) electrons. The number of halogens is 1. The van der Waals surface area contributed by atoms with E-state index < -0.39 is 0 Å². The number of likely N-dealkylation sites (tertiary alicyclic amines) is 1. The van der Waals surface area contributed by atoms with E-state index in [1.54, 1.807) is 17.9 Å². The Labute approximate surface area is 107 Å². The molecule has 1 fully saturated rings. The molecule has 0 saturated carbocycles. The number of likely N-dealkylation sites (N-methyl/N-ethyl adjacent to an activating group) is 1. The fraction of sp³-hybridized carbons (Fsp3) is 0.500. The molecule has 1 aliphatic rings. The van der Waals surface area contributed by atoms with Crippen LogP contribution in [0.2, 0.25) is 0 Å². The van der Waals surface area contributed by atoms with Crippen molar-refractivity contribution in [3.8, 4) is 0 Å². The Morgan fingerprint density at radius 3 is 2.94 bits per heavy atom. The number of amides is 1. The summed E-state index contributed by atoms with van der Waals surface area (Å²) in [5.74, 6) is 0.0485. The normalized spacial score (nSPS) is 20.3. The lowest BCUT2D eigenvalue weighted by atomic mass is 10.0. The zero-order valence-electron chi connectivity index (χ0n) is 10.9.